The van der Waals surface area contributed by atoms with E-state index < -0.39 is 0 Å². The maximum atomic E-state index is 12.4. The molecule has 8 heteroatoms. The maximum Gasteiger partial charge on any atom is 0.264 e. The minimum atomic E-state index is -0.293. The van der Waals surface area contributed by atoms with Crippen LogP contribution in [0, 0.1) is 5.92 Å². The molecule has 1 aliphatic carbocycles. The molecule has 3 aromatic rings. The molecule has 140 valence electrons. The number of aromatic nitrogens is 4. The molecule has 1 N–H and O–H groups in total. The third-order valence-corrected chi connectivity index (χ3v) is 4.56. The molecule has 1 fully saturated rings. The molecule has 1 saturated carbocycles. The molecular weight excluding hydrogens is 346 g/mol. The first-order valence-electron chi connectivity index (χ1n) is 8.94. The van der Waals surface area contributed by atoms with Gasteiger partial charge in [-0.1, -0.05) is 12.1 Å². The van der Waals surface area contributed by atoms with E-state index in [-0.39, 0.29) is 18.0 Å². The number of anilines is 1. The summed E-state index contributed by atoms with van der Waals surface area (Å²) in [5.41, 5.74) is 1.89. The quantitative estimate of drug-likeness (QED) is 0.686. The zero-order chi connectivity index (χ0) is 18.8. The third kappa shape index (κ3) is 4.06. The molecule has 1 amide bonds. The van der Waals surface area contributed by atoms with E-state index in [2.05, 4.69) is 15.4 Å². The Morgan fingerprint density at radius 3 is 3.04 bits per heavy atom. The second kappa shape index (κ2) is 7.32. The van der Waals surface area contributed by atoms with E-state index in [1.807, 2.05) is 24.3 Å². The van der Waals surface area contributed by atoms with Gasteiger partial charge in [0.2, 0.25) is 5.91 Å². The molecule has 0 spiro atoms. The molecule has 1 aliphatic rings. The number of rotatable bonds is 7. The zero-order valence-electron chi connectivity index (χ0n) is 15.1. The van der Waals surface area contributed by atoms with Gasteiger partial charge in [0.25, 0.3) is 5.56 Å². The van der Waals surface area contributed by atoms with E-state index in [0.29, 0.717) is 23.3 Å². The van der Waals surface area contributed by atoms with Crippen LogP contribution in [0.4, 0.5) is 5.69 Å². The number of carbonyl (C=O) groups excluding carboxylic acids is 1. The van der Waals surface area contributed by atoms with Crippen molar-refractivity contribution in [3.8, 4) is 0 Å². The Labute approximate surface area is 155 Å². The number of hydrogen-bond donors (Lipinski definition) is 1. The van der Waals surface area contributed by atoms with Gasteiger partial charge in [0.1, 0.15) is 18.3 Å². The van der Waals surface area contributed by atoms with Gasteiger partial charge in [0.15, 0.2) is 5.65 Å². The number of fused-ring (bicyclic) bond motifs is 1. The van der Waals surface area contributed by atoms with Crippen LogP contribution >= 0.6 is 0 Å². The van der Waals surface area contributed by atoms with Crippen LogP contribution in [0.25, 0.3) is 11.0 Å². The second-order valence-corrected chi connectivity index (χ2v) is 6.89. The van der Waals surface area contributed by atoms with Crippen LogP contribution in [0.5, 0.6) is 0 Å². The Balaban J connectivity index is 1.40. The van der Waals surface area contributed by atoms with Crippen LogP contribution in [0.2, 0.25) is 0 Å². The summed E-state index contributed by atoms with van der Waals surface area (Å²) in [5, 5.41) is 7.23. The fraction of sp³-hybridized carbons (Fsp3) is 0.368. The standard InChI is InChI=1S/C19H21N5O3/c1-23-18-16(8-21-23)19(26)24(12-20-18)9-17(25)22-15-4-2-3-14(7-15)11-27-10-13-5-6-13/h2-4,7-8,12-13H,5-6,9-11H2,1H3,(H,22,25). The lowest BCUT2D eigenvalue weighted by Gasteiger charge is -2.09. The molecule has 2 aromatic heterocycles. The van der Waals surface area contributed by atoms with E-state index in [9.17, 15) is 9.59 Å². The highest BCUT2D eigenvalue weighted by Crippen LogP contribution is 2.29. The van der Waals surface area contributed by atoms with E-state index in [1.54, 1.807) is 7.05 Å². The van der Waals surface area contributed by atoms with Gasteiger partial charge in [-0.3, -0.25) is 18.8 Å². The van der Waals surface area contributed by atoms with Crippen LogP contribution < -0.4 is 10.9 Å². The molecule has 0 saturated heterocycles. The summed E-state index contributed by atoms with van der Waals surface area (Å²) in [7, 11) is 1.72. The lowest BCUT2D eigenvalue weighted by molar-refractivity contribution is -0.116. The summed E-state index contributed by atoms with van der Waals surface area (Å²) in [6, 6.07) is 7.54. The van der Waals surface area contributed by atoms with Crippen LogP contribution in [0.3, 0.4) is 0 Å². The Bertz CT molecular complexity index is 1040. The van der Waals surface area contributed by atoms with Crippen molar-refractivity contribution in [1.82, 2.24) is 19.3 Å². The predicted octanol–water partition coefficient (Wildman–Crippen LogP) is 1.70. The molecule has 27 heavy (non-hydrogen) atoms. The molecule has 0 unspecified atom stereocenters. The van der Waals surface area contributed by atoms with Gasteiger partial charge in [-0.25, -0.2) is 4.98 Å². The van der Waals surface area contributed by atoms with Crippen LogP contribution in [-0.4, -0.2) is 31.8 Å². The van der Waals surface area contributed by atoms with E-state index >= 15 is 0 Å². The van der Waals surface area contributed by atoms with Crippen molar-refractivity contribution in [2.24, 2.45) is 13.0 Å². The van der Waals surface area contributed by atoms with Gasteiger partial charge in [-0.2, -0.15) is 5.10 Å². The topological polar surface area (TPSA) is 91.0 Å². The maximum absolute atomic E-state index is 12.4. The van der Waals surface area contributed by atoms with Crippen LogP contribution in [0.15, 0.2) is 41.6 Å². The van der Waals surface area contributed by atoms with Gasteiger partial charge in [-0.15, -0.1) is 0 Å². The van der Waals surface area contributed by atoms with Crippen LogP contribution in [0.1, 0.15) is 18.4 Å². The zero-order valence-corrected chi connectivity index (χ0v) is 15.1. The van der Waals surface area contributed by atoms with Gasteiger partial charge < -0.3 is 10.1 Å². The van der Waals surface area contributed by atoms with Gasteiger partial charge in [0, 0.05) is 19.3 Å². The summed E-state index contributed by atoms with van der Waals surface area (Å²) < 4.78 is 8.49. The highest BCUT2D eigenvalue weighted by molar-refractivity contribution is 5.90. The van der Waals surface area contributed by atoms with Crippen LogP contribution in [-0.2, 0) is 29.7 Å². The van der Waals surface area contributed by atoms with Crippen molar-refractivity contribution < 1.29 is 9.53 Å². The minimum absolute atomic E-state index is 0.112. The molecule has 0 radical (unpaired) electrons. The summed E-state index contributed by atoms with van der Waals surface area (Å²) in [5.74, 6) is 0.426. The molecule has 2 heterocycles. The fourth-order valence-electron chi connectivity index (χ4n) is 2.90. The Morgan fingerprint density at radius 2 is 2.22 bits per heavy atom. The first kappa shape index (κ1) is 17.4. The number of aryl methyl sites for hydroxylation is 1. The molecule has 8 nitrogen and oxygen atoms in total. The van der Waals surface area contributed by atoms with Crippen molar-refractivity contribution in [2.45, 2.75) is 26.0 Å². The number of benzene rings is 1. The Hall–Kier alpha value is -3.00. The first-order chi connectivity index (χ1) is 13.1. The van der Waals surface area contributed by atoms with Gasteiger partial charge >= 0.3 is 0 Å². The summed E-state index contributed by atoms with van der Waals surface area (Å²) in [4.78, 5) is 29.0. The summed E-state index contributed by atoms with van der Waals surface area (Å²) >= 11 is 0. The highest BCUT2D eigenvalue weighted by atomic mass is 16.5. The average Bonchev–Trinajstić information content (AvgIpc) is 3.39. The number of amides is 1. The summed E-state index contributed by atoms with van der Waals surface area (Å²) in [6.45, 7) is 1.21. The highest BCUT2D eigenvalue weighted by Gasteiger charge is 2.21. The average molecular weight is 367 g/mol. The van der Waals surface area contributed by atoms with E-state index in [0.717, 1.165) is 18.1 Å². The smallest absolute Gasteiger partial charge is 0.264 e. The molecule has 4 rings (SSSR count). The Kier molecular flexibility index (Phi) is 4.72. The van der Waals surface area contributed by atoms with E-state index in [1.165, 1.54) is 34.6 Å². The number of nitrogens with zero attached hydrogens (tertiary/aromatic N) is 4. The van der Waals surface area contributed by atoms with Crippen molar-refractivity contribution >= 4 is 22.6 Å². The largest absolute Gasteiger partial charge is 0.376 e. The second-order valence-electron chi connectivity index (χ2n) is 6.89. The third-order valence-electron chi connectivity index (χ3n) is 4.56. The van der Waals surface area contributed by atoms with E-state index in [4.69, 9.17) is 4.74 Å². The minimum Gasteiger partial charge on any atom is -0.376 e. The lowest BCUT2D eigenvalue weighted by Crippen LogP contribution is -2.27. The van der Waals surface area contributed by atoms with Crippen molar-refractivity contribution in [2.75, 3.05) is 11.9 Å². The Morgan fingerprint density at radius 1 is 1.37 bits per heavy atom. The lowest BCUT2D eigenvalue weighted by atomic mass is 10.2. The SMILES string of the molecule is Cn1ncc2c(=O)n(CC(=O)Nc3cccc(COCC4CC4)c3)cnc21. The number of hydrogen-bond acceptors (Lipinski definition) is 5. The molecule has 0 bridgehead atoms. The molecule has 1 aromatic carbocycles. The van der Waals surface area contributed by atoms with Gasteiger partial charge in [0.05, 0.1) is 12.8 Å². The van der Waals surface area contributed by atoms with Crippen molar-refractivity contribution in [3.63, 3.8) is 0 Å². The van der Waals surface area contributed by atoms with Gasteiger partial charge in [-0.05, 0) is 36.5 Å². The first-order valence-corrected chi connectivity index (χ1v) is 8.94. The predicted molar refractivity (Wildman–Crippen MR) is 100 cm³/mol. The van der Waals surface area contributed by atoms with Crippen molar-refractivity contribution in [1.29, 1.82) is 0 Å². The van der Waals surface area contributed by atoms with Crippen molar-refractivity contribution in [3.05, 3.63) is 52.7 Å². The molecule has 0 atom stereocenters. The summed E-state index contributed by atoms with van der Waals surface area (Å²) in [6.07, 6.45) is 5.35. The normalized spacial score (nSPS) is 13.8. The number of carbonyl (C=O) groups is 1. The number of nitrogens with one attached hydrogen (secondary N) is 1. The monoisotopic (exact) mass is 367 g/mol. The number of ether oxygens (including phenoxy) is 1. The fourth-order valence-corrected chi connectivity index (χ4v) is 2.90. The molecule has 0 aliphatic heterocycles. The molecular formula is C19H21N5O3.